The number of Topliss-reactive ketones (excluding diaryl/α,β-unsaturated/α-hetero) is 1. The summed E-state index contributed by atoms with van der Waals surface area (Å²) >= 11 is 0. The van der Waals surface area contributed by atoms with Gasteiger partial charge in [-0.05, 0) is 101 Å². The first-order valence-electron chi connectivity index (χ1n) is 18.5. The number of ether oxygens (including phenoxy) is 2. The minimum atomic E-state index is -1.46. The summed E-state index contributed by atoms with van der Waals surface area (Å²) in [7, 11) is 0. The van der Waals surface area contributed by atoms with Crippen LogP contribution in [0.15, 0.2) is 83.6 Å². The molecule has 10 nitrogen and oxygen atoms in total. The van der Waals surface area contributed by atoms with Crippen molar-refractivity contribution in [2.24, 2.45) is 16.8 Å². The summed E-state index contributed by atoms with van der Waals surface area (Å²) in [5.41, 5.74) is -0.686. The van der Waals surface area contributed by atoms with Crippen molar-refractivity contribution < 1.29 is 33.0 Å². The molecule has 288 valence electrons. The van der Waals surface area contributed by atoms with Gasteiger partial charge in [0.25, 0.3) is 5.91 Å². The van der Waals surface area contributed by atoms with Crippen molar-refractivity contribution in [1.82, 2.24) is 16.0 Å². The maximum atomic E-state index is 15.4. The van der Waals surface area contributed by atoms with E-state index < -0.39 is 52.7 Å². The van der Waals surface area contributed by atoms with Gasteiger partial charge in [0.15, 0.2) is 5.78 Å². The molecule has 4 atom stereocenters. The molecular formula is C42H57FN4O6. The lowest BCUT2D eigenvalue weighted by Gasteiger charge is -2.29. The summed E-state index contributed by atoms with van der Waals surface area (Å²) in [6.07, 6.45) is 6.87. The molecule has 2 aromatic rings. The Balaban J connectivity index is 1.88. The first-order valence-corrected chi connectivity index (χ1v) is 18.5. The SMILES string of the molecule is C=C(CCC(C)CCC)C(=O)C(c1ccccc1F)C1C=C(NC(=O)C(COCc2ccccc2)NC(=O)C(C)(C)NC(=O)OC(C)(C)C)N=CCC1. The van der Waals surface area contributed by atoms with Gasteiger partial charge in [0.2, 0.25) is 5.91 Å². The molecule has 1 heterocycles. The fourth-order valence-corrected chi connectivity index (χ4v) is 6.01. The average molecular weight is 733 g/mol. The van der Waals surface area contributed by atoms with Gasteiger partial charge in [-0.25, -0.2) is 14.2 Å². The summed E-state index contributed by atoms with van der Waals surface area (Å²) in [6, 6.07) is 14.4. The van der Waals surface area contributed by atoms with Crippen LogP contribution in [0, 0.1) is 17.7 Å². The number of allylic oxidation sites excluding steroid dienone is 2. The van der Waals surface area contributed by atoms with Gasteiger partial charge in [0.05, 0.1) is 19.1 Å². The third-order valence-electron chi connectivity index (χ3n) is 8.90. The van der Waals surface area contributed by atoms with Gasteiger partial charge >= 0.3 is 6.09 Å². The van der Waals surface area contributed by atoms with Crippen LogP contribution >= 0.6 is 0 Å². The molecule has 4 unspecified atom stereocenters. The Morgan fingerprint density at radius 3 is 2.34 bits per heavy atom. The van der Waals surface area contributed by atoms with Crippen molar-refractivity contribution in [3.8, 4) is 0 Å². The molecule has 3 N–H and O–H groups in total. The second-order valence-corrected chi connectivity index (χ2v) is 15.3. The fraction of sp³-hybridized carbons (Fsp3) is 0.500. The van der Waals surface area contributed by atoms with Crippen LogP contribution < -0.4 is 16.0 Å². The molecule has 0 bridgehead atoms. The molecule has 0 aliphatic carbocycles. The molecule has 53 heavy (non-hydrogen) atoms. The van der Waals surface area contributed by atoms with Crippen LogP contribution in [0.5, 0.6) is 0 Å². The number of aliphatic imine (C=N–C) groups is 1. The van der Waals surface area contributed by atoms with Crippen LogP contribution in [-0.2, 0) is 30.5 Å². The number of alkyl carbamates (subject to hydrolysis) is 1. The van der Waals surface area contributed by atoms with E-state index in [9.17, 15) is 19.2 Å². The quantitative estimate of drug-likeness (QED) is 0.135. The summed E-state index contributed by atoms with van der Waals surface area (Å²) in [5.74, 6) is -2.86. The van der Waals surface area contributed by atoms with Gasteiger partial charge in [-0.1, -0.05) is 81.8 Å². The van der Waals surface area contributed by atoms with Crippen molar-refractivity contribution in [1.29, 1.82) is 0 Å². The van der Waals surface area contributed by atoms with Gasteiger partial charge in [-0.2, -0.15) is 0 Å². The number of hydrogen-bond acceptors (Lipinski definition) is 7. The number of benzene rings is 2. The highest BCUT2D eigenvalue weighted by molar-refractivity contribution is 6.00. The van der Waals surface area contributed by atoms with Crippen molar-refractivity contribution in [2.45, 2.75) is 117 Å². The number of carbonyl (C=O) groups excluding carboxylic acids is 4. The number of carbonyl (C=O) groups is 4. The van der Waals surface area contributed by atoms with E-state index in [0.717, 1.165) is 24.8 Å². The number of amides is 3. The highest BCUT2D eigenvalue weighted by Gasteiger charge is 2.36. The van der Waals surface area contributed by atoms with E-state index in [-0.39, 0.29) is 30.4 Å². The molecule has 2 aromatic carbocycles. The standard InChI is InChI=1S/C42H57FN4O6/c1-9-16-28(2)22-23-29(3)37(48)36(32-20-13-14-21-33(32)43)31-19-15-24-44-35(25-31)46-38(49)34(27-52-26-30-17-11-10-12-18-30)45-39(50)42(7,8)47-40(51)53-41(4,5)6/h10-14,17-18,20-21,24-25,28,31,34,36H,3,9,15-16,19,22-23,26-27H2,1-2,4-8H3,(H,45,50)(H,46,49)(H,47,51). The van der Waals surface area contributed by atoms with E-state index in [1.54, 1.807) is 51.3 Å². The molecule has 1 aliphatic heterocycles. The fourth-order valence-electron chi connectivity index (χ4n) is 6.01. The minimum Gasteiger partial charge on any atom is -0.444 e. The second kappa shape index (κ2) is 20.0. The van der Waals surface area contributed by atoms with Crippen LogP contribution in [-0.4, -0.2) is 53.7 Å². The largest absolute Gasteiger partial charge is 0.444 e. The van der Waals surface area contributed by atoms with Gasteiger partial charge in [0, 0.05) is 6.21 Å². The number of nitrogens with one attached hydrogen (secondary N) is 3. The molecule has 3 amide bonds. The van der Waals surface area contributed by atoms with Crippen molar-refractivity contribution in [3.63, 3.8) is 0 Å². The number of ketones is 1. The average Bonchev–Trinajstić information content (AvgIpc) is 3.32. The lowest BCUT2D eigenvalue weighted by molar-refractivity contribution is -0.133. The summed E-state index contributed by atoms with van der Waals surface area (Å²) in [6.45, 7) is 16.5. The summed E-state index contributed by atoms with van der Waals surface area (Å²) < 4.78 is 26.6. The zero-order valence-electron chi connectivity index (χ0n) is 32.3. The molecule has 0 aromatic heterocycles. The van der Waals surface area contributed by atoms with Crippen LogP contribution in [0.4, 0.5) is 9.18 Å². The Kier molecular flexibility index (Phi) is 16.1. The lowest BCUT2D eigenvalue weighted by Crippen LogP contribution is -2.60. The van der Waals surface area contributed by atoms with Crippen LogP contribution in [0.2, 0.25) is 0 Å². The predicted octanol–water partition coefficient (Wildman–Crippen LogP) is 7.69. The highest BCUT2D eigenvalue weighted by Crippen LogP contribution is 2.36. The number of nitrogens with zero attached hydrogens (tertiary/aromatic N) is 1. The first kappa shape index (κ1) is 42.8. The van der Waals surface area contributed by atoms with E-state index >= 15 is 4.39 Å². The van der Waals surface area contributed by atoms with Crippen LogP contribution in [0.3, 0.4) is 0 Å². The smallest absolute Gasteiger partial charge is 0.408 e. The number of halogens is 1. The maximum Gasteiger partial charge on any atom is 0.408 e. The van der Waals surface area contributed by atoms with Gasteiger partial charge in [-0.3, -0.25) is 14.4 Å². The van der Waals surface area contributed by atoms with Gasteiger partial charge in [-0.15, -0.1) is 0 Å². The van der Waals surface area contributed by atoms with E-state index in [1.165, 1.54) is 19.9 Å². The molecule has 0 radical (unpaired) electrons. The molecule has 3 rings (SSSR count). The molecule has 0 fully saturated rings. The monoisotopic (exact) mass is 732 g/mol. The highest BCUT2D eigenvalue weighted by atomic mass is 19.1. The van der Waals surface area contributed by atoms with Crippen molar-refractivity contribution in [3.05, 3.63) is 95.6 Å². The zero-order valence-corrected chi connectivity index (χ0v) is 32.3. The van der Waals surface area contributed by atoms with E-state index in [0.29, 0.717) is 30.8 Å². The lowest BCUT2D eigenvalue weighted by atomic mass is 9.77. The molecule has 1 aliphatic rings. The van der Waals surface area contributed by atoms with E-state index in [2.05, 4.69) is 41.4 Å². The van der Waals surface area contributed by atoms with E-state index in [1.807, 2.05) is 30.3 Å². The number of rotatable bonds is 18. The third kappa shape index (κ3) is 14.0. The normalized spacial score (nSPS) is 16.3. The Hall–Kier alpha value is -4.64. The summed E-state index contributed by atoms with van der Waals surface area (Å²) in [4.78, 5) is 58.5. The van der Waals surface area contributed by atoms with E-state index in [4.69, 9.17) is 9.47 Å². The number of hydrogen-bond donors (Lipinski definition) is 3. The van der Waals surface area contributed by atoms with Crippen LogP contribution in [0.1, 0.15) is 104 Å². The van der Waals surface area contributed by atoms with Gasteiger partial charge < -0.3 is 25.4 Å². The Bertz CT molecular complexity index is 1630. The molecular weight excluding hydrogens is 675 g/mol. The third-order valence-corrected chi connectivity index (χ3v) is 8.90. The topological polar surface area (TPSA) is 135 Å². The van der Waals surface area contributed by atoms with Crippen LogP contribution in [0.25, 0.3) is 0 Å². The second-order valence-electron chi connectivity index (χ2n) is 15.3. The van der Waals surface area contributed by atoms with Crippen molar-refractivity contribution in [2.75, 3.05) is 6.61 Å². The maximum absolute atomic E-state index is 15.4. The molecule has 11 heteroatoms. The Morgan fingerprint density at radius 2 is 1.68 bits per heavy atom. The predicted molar refractivity (Wildman–Crippen MR) is 206 cm³/mol. The minimum absolute atomic E-state index is 0.155. The zero-order chi connectivity index (χ0) is 39.2. The molecule has 0 saturated heterocycles. The Labute approximate surface area is 314 Å². The Morgan fingerprint density at radius 1 is 1.00 bits per heavy atom. The van der Waals surface area contributed by atoms with Crippen molar-refractivity contribution >= 4 is 29.9 Å². The molecule has 0 saturated carbocycles. The first-order chi connectivity index (χ1) is 25.0. The summed E-state index contributed by atoms with van der Waals surface area (Å²) in [5, 5.41) is 8.07. The molecule has 0 spiro atoms. The van der Waals surface area contributed by atoms with Gasteiger partial charge in [0.1, 0.15) is 28.8 Å².